The van der Waals surface area contributed by atoms with Gasteiger partial charge in [-0.05, 0) is 31.3 Å². The number of hydrogen-bond donors (Lipinski definition) is 3. The molecule has 3 N–H and O–H groups in total. The Labute approximate surface area is 91.4 Å². The lowest BCUT2D eigenvalue weighted by atomic mass is 10.0. The minimum absolute atomic E-state index is 0.0587. The Balaban J connectivity index is 2.12. The number of aliphatic hydroxyl groups is 1. The summed E-state index contributed by atoms with van der Waals surface area (Å²) < 4.78 is 0. The van der Waals surface area contributed by atoms with Crippen LogP contribution in [0.25, 0.3) is 0 Å². The lowest BCUT2D eigenvalue weighted by molar-refractivity contribution is -0.122. The van der Waals surface area contributed by atoms with Crippen LogP contribution in [0.5, 0.6) is 0 Å². The van der Waals surface area contributed by atoms with Gasteiger partial charge in [0.1, 0.15) is 0 Å². The Morgan fingerprint density at radius 1 is 1.60 bits per heavy atom. The molecule has 4 nitrogen and oxygen atoms in total. The van der Waals surface area contributed by atoms with Crippen molar-refractivity contribution in [2.45, 2.75) is 32.8 Å². The van der Waals surface area contributed by atoms with Gasteiger partial charge in [0.05, 0.1) is 6.10 Å². The molecule has 88 valence electrons. The highest BCUT2D eigenvalue weighted by Crippen LogP contribution is 2.11. The zero-order valence-electron chi connectivity index (χ0n) is 9.62. The van der Waals surface area contributed by atoms with Crippen molar-refractivity contribution >= 4 is 5.91 Å². The number of nitrogens with one attached hydrogen (secondary N) is 2. The molecule has 0 aromatic rings. The van der Waals surface area contributed by atoms with Crippen molar-refractivity contribution < 1.29 is 9.90 Å². The maximum atomic E-state index is 11.5. The fourth-order valence-corrected chi connectivity index (χ4v) is 1.68. The maximum Gasteiger partial charge on any atom is 0.220 e. The van der Waals surface area contributed by atoms with Crippen molar-refractivity contribution in [2.75, 3.05) is 19.6 Å². The predicted octanol–water partition coefficient (Wildman–Crippen LogP) is 0.119. The van der Waals surface area contributed by atoms with E-state index in [0.717, 1.165) is 19.5 Å². The van der Waals surface area contributed by atoms with Crippen LogP contribution >= 0.6 is 0 Å². The van der Waals surface area contributed by atoms with Gasteiger partial charge >= 0.3 is 0 Å². The third-order valence-corrected chi connectivity index (χ3v) is 2.91. The van der Waals surface area contributed by atoms with Crippen LogP contribution in [0.3, 0.4) is 0 Å². The third-order valence-electron chi connectivity index (χ3n) is 2.91. The zero-order valence-corrected chi connectivity index (χ0v) is 9.62. The van der Waals surface area contributed by atoms with Crippen LogP contribution in [0.15, 0.2) is 0 Å². The van der Waals surface area contributed by atoms with Crippen LogP contribution in [0.2, 0.25) is 0 Å². The summed E-state index contributed by atoms with van der Waals surface area (Å²) in [5, 5.41) is 15.5. The molecular weight excluding hydrogens is 192 g/mol. The van der Waals surface area contributed by atoms with E-state index in [-0.39, 0.29) is 11.8 Å². The second-order valence-corrected chi connectivity index (χ2v) is 4.68. The highest BCUT2D eigenvalue weighted by molar-refractivity contribution is 5.76. The molecule has 1 amide bonds. The molecule has 0 spiro atoms. The van der Waals surface area contributed by atoms with E-state index in [1.165, 1.54) is 0 Å². The third kappa shape index (κ3) is 4.62. The highest BCUT2D eigenvalue weighted by Gasteiger charge is 2.18. The summed E-state index contributed by atoms with van der Waals surface area (Å²) in [5.41, 5.74) is 0. The monoisotopic (exact) mass is 214 g/mol. The van der Waals surface area contributed by atoms with Crippen LogP contribution in [0.1, 0.15) is 26.7 Å². The first kappa shape index (κ1) is 12.5. The van der Waals surface area contributed by atoms with E-state index >= 15 is 0 Å². The summed E-state index contributed by atoms with van der Waals surface area (Å²) in [6, 6.07) is 0. The minimum atomic E-state index is -0.435. The smallest absolute Gasteiger partial charge is 0.220 e. The standard InChI is InChI=1S/C11H22N2O2/c1-8(2)10(14)7-13-11(15)5-9-3-4-12-6-9/h8-10,12,14H,3-7H2,1-2H3,(H,13,15). The molecule has 0 saturated carbocycles. The second-order valence-electron chi connectivity index (χ2n) is 4.68. The second kappa shape index (κ2) is 6.08. The molecule has 2 atom stereocenters. The Morgan fingerprint density at radius 2 is 2.33 bits per heavy atom. The van der Waals surface area contributed by atoms with Crippen molar-refractivity contribution in [1.29, 1.82) is 0 Å². The molecule has 4 heteroatoms. The minimum Gasteiger partial charge on any atom is -0.391 e. The fraction of sp³-hybridized carbons (Fsp3) is 0.909. The molecule has 0 radical (unpaired) electrons. The average Bonchev–Trinajstić information content (AvgIpc) is 2.66. The molecule has 1 rings (SSSR count). The maximum absolute atomic E-state index is 11.5. The number of aliphatic hydroxyl groups excluding tert-OH is 1. The Kier molecular flexibility index (Phi) is 5.05. The summed E-state index contributed by atoms with van der Waals surface area (Å²) in [7, 11) is 0. The van der Waals surface area contributed by atoms with Crippen LogP contribution in [-0.2, 0) is 4.79 Å². The summed E-state index contributed by atoms with van der Waals surface area (Å²) in [5.74, 6) is 0.725. The van der Waals surface area contributed by atoms with E-state index in [0.29, 0.717) is 18.9 Å². The van der Waals surface area contributed by atoms with E-state index in [1.807, 2.05) is 13.8 Å². The average molecular weight is 214 g/mol. The van der Waals surface area contributed by atoms with Gasteiger partial charge in [0.15, 0.2) is 0 Å². The quantitative estimate of drug-likeness (QED) is 0.609. The first-order valence-corrected chi connectivity index (χ1v) is 5.75. The van der Waals surface area contributed by atoms with E-state index in [9.17, 15) is 9.90 Å². The van der Waals surface area contributed by atoms with Crippen molar-refractivity contribution in [3.05, 3.63) is 0 Å². The zero-order chi connectivity index (χ0) is 11.3. The summed E-state index contributed by atoms with van der Waals surface area (Å²) in [6.45, 7) is 6.22. The van der Waals surface area contributed by atoms with Crippen LogP contribution in [0.4, 0.5) is 0 Å². The van der Waals surface area contributed by atoms with Crippen molar-refractivity contribution in [1.82, 2.24) is 10.6 Å². The van der Waals surface area contributed by atoms with Gasteiger partial charge < -0.3 is 15.7 Å². The van der Waals surface area contributed by atoms with Gasteiger partial charge in [0, 0.05) is 13.0 Å². The van der Waals surface area contributed by atoms with Gasteiger partial charge in [-0.3, -0.25) is 4.79 Å². The first-order valence-electron chi connectivity index (χ1n) is 5.75. The van der Waals surface area contributed by atoms with E-state index in [1.54, 1.807) is 0 Å². The SMILES string of the molecule is CC(C)C(O)CNC(=O)CC1CCNC1. The normalized spacial score (nSPS) is 23.1. The lowest BCUT2D eigenvalue weighted by Gasteiger charge is -2.15. The molecule has 0 aromatic heterocycles. The molecule has 1 heterocycles. The van der Waals surface area contributed by atoms with Gasteiger partial charge in [0.2, 0.25) is 5.91 Å². The number of carbonyl (C=O) groups excluding carboxylic acids is 1. The molecule has 2 unspecified atom stereocenters. The molecule has 1 aliphatic heterocycles. The van der Waals surface area contributed by atoms with E-state index in [2.05, 4.69) is 10.6 Å². The lowest BCUT2D eigenvalue weighted by Crippen LogP contribution is -2.35. The van der Waals surface area contributed by atoms with Crippen LogP contribution < -0.4 is 10.6 Å². The molecule has 1 aliphatic rings. The molecule has 0 aromatic carbocycles. The molecular formula is C11H22N2O2. The topological polar surface area (TPSA) is 61.4 Å². The number of amides is 1. The highest BCUT2D eigenvalue weighted by atomic mass is 16.3. The number of hydrogen-bond acceptors (Lipinski definition) is 3. The first-order chi connectivity index (χ1) is 7.09. The van der Waals surface area contributed by atoms with Crippen molar-refractivity contribution in [3.8, 4) is 0 Å². The van der Waals surface area contributed by atoms with Gasteiger partial charge in [0.25, 0.3) is 0 Å². The molecule has 0 bridgehead atoms. The molecule has 1 fully saturated rings. The van der Waals surface area contributed by atoms with E-state index in [4.69, 9.17) is 0 Å². The Morgan fingerprint density at radius 3 is 2.87 bits per heavy atom. The van der Waals surface area contributed by atoms with Gasteiger partial charge in [-0.2, -0.15) is 0 Å². The van der Waals surface area contributed by atoms with E-state index < -0.39 is 6.10 Å². The molecule has 0 aliphatic carbocycles. The number of rotatable bonds is 5. The summed E-state index contributed by atoms with van der Waals surface area (Å²) in [4.78, 5) is 11.5. The van der Waals surface area contributed by atoms with Crippen molar-refractivity contribution in [2.24, 2.45) is 11.8 Å². The summed E-state index contributed by atoms with van der Waals surface area (Å²) in [6.07, 6.45) is 1.23. The van der Waals surface area contributed by atoms with Gasteiger partial charge in [-0.15, -0.1) is 0 Å². The van der Waals surface area contributed by atoms with Crippen LogP contribution in [-0.4, -0.2) is 36.8 Å². The van der Waals surface area contributed by atoms with Crippen molar-refractivity contribution in [3.63, 3.8) is 0 Å². The molecule has 1 saturated heterocycles. The Bertz CT molecular complexity index is 201. The Hall–Kier alpha value is -0.610. The predicted molar refractivity (Wildman–Crippen MR) is 59.4 cm³/mol. The van der Waals surface area contributed by atoms with Gasteiger partial charge in [-0.1, -0.05) is 13.8 Å². The largest absolute Gasteiger partial charge is 0.391 e. The number of carbonyl (C=O) groups is 1. The van der Waals surface area contributed by atoms with Crippen LogP contribution in [0, 0.1) is 11.8 Å². The summed E-state index contributed by atoms with van der Waals surface area (Å²) >= 11 is 0. The molecule has 15 heavy (non-hydrogen) atoms. The fourth-order valence-electron chi connectivity index (χ4n) is 1.68. The van der Waals surface area contributed by atoms with Gasteiger partial charge in [-0.25, -0.2) is 0 Å².